The topological polar surface area (TPSA) is 58.6 Å². The van der Waals surface area contributed by atoms with Crippen molar-refractivity contribution in [3.63, 3.8) is 0 Å². The number of sulfonamides is 1. The van der Waals surface area contributed by atoms with E-state index in [9.17, 15) is 21.6 Å². The lowest BCUT2D eigenvalue weighted by Crippen LogP contribution is -2.42. The minimum atomic E-state index is -4.44. The van der Waals surface area contributed by atoms with Crippen molar-refractivity contribution < 1.29 is 26.3 Å². The maximum Gasteiger partial charge on any atom is 0.390 e. The Bertz CT molecular complexity index is 571. The maximum atomic E-state index is 12.3. The van der Waals surface area contributed by atoms with Gasteiger partial charge in [0, 0.05) is 19.7 Å². The number of ether oxygens (including phenoxy) is 1. The average molecular weight is 413 g/mol. The predicted octanol–water partition coefficient (Wildman–Crippen LogP) is 2.78. The van der Waals surface area contributed by atoms with E-state index in [1.165, 1.54) is 23.6 Å². The van der Waals surface area contributed by atoms with Gasteiger partial charge in [0.05, 0.1) is 18.3 Å². The van der Waals surface area contributed by atoms with E-state index >= 15 is 0 Å². The van der Waals surface area contributed by atoms with Crippen LogP contribution in [0.2, 0.25) is 0 Å². The van der Waals surface area contributed by atoms with E-state index in [0.717, 1.165) is 37.3 Å². The number of alkyl halides is 3. The van der Waals surface area contributed by atoms with Crippen LogP contribution in [0.5, 0.6) is 0 Å². The molecule has 5 nitrogen and oxygen atoms in total. The number of hydrogen-bond acceptors (Lipinski definition) is 4. The molecular formula is C18H31F3N2O3S. The molecule has 9 heteroatoms. The number of nitrogens with zero attached hydrogens (tertiary/aromatic N) is 1. The third-order valence-corrected chi connectivity index (χ3v) is 8.12. The minimum Gasteiger partial charge on any atom is -0.378 e. The van der Waals surface area contributed by atoms with Crippen molar-refractivity contribution in [2.24, 2.45) is 17.8 Å². The summed E-state index contributed by atoms with van der Waals surface area (Å²) in [6, 6.07) is 0. The molecule has 2 aliphatic heterocycles. The van der Waals surface area contributed by atoms with E-state index in [0.29, 0.717) is 19.4 Å². The van der Waals surface area contributed by atoms with E-state index < -0.39 is 28.4 Å². The Kier molecular flexibility index (Phi) is 7.08. The molecule has 3 rings (SSSR count). The highest BCUT2D eigenvalue weighted by Crippen LogP contribution is 2.49. The van der Waals surface area contributed by atoms with Gasteiger partial charge in [-0.3, -0.25) is 0 Å². The van der Waals surface area contributed by atoms with Gasteiger partial charge in [-0.05, 0) is 69.4 Å². The standard InChI is InChI=1S/C18H31F3N2O3S/c19-18(20,21)6-12-27(24,25)23-9-3-16(4-10-23)26-11-5-15-13-17(15)14-1-7-22-8-2-14/h14-17,22H,1-13H2/t15-,17-/m1/s1. The van der Waals surface area contributed by atoms with Gasteiger partial charge in [-0.1, -0.05) is 0 Å². The Morgan fingerprint density at radius 1 is 1.07 bits per heavy atom. The van der Waals surface area contributed by atoms with Crippen molar-refractivity contribution in [2.75, 3.05) is 38.5 Å². The number of hydrogen-bond donors (Lipinski definition) is 1. The summed E-state index contributed by atoms with van der Waals surface area (Å²) in [4.78, 5) is 0. The fourth-order valence-electron chi connectivity index (χ4n) is 4.49. The van der Waals surface area contributed by atoms with Crippen molar-refractivity contribution in [1.29, 1.82) is 0 Å². The summed E-state index contributed by atoms with van der Waals surface area (Å²) in [6.45, 7) is 3.49. The van der Waals surface area contributed by atoms with E-state index in [1.807, 2.05) is 0 Å². The van der Waals surface area contributed by atoms with E-state index in [4.69, 9.17) is 4.74 Å². The van der Waals surface area contributed by atoms with Crippen LogP contribution >= 0.6 is 0 Å². The van der Waals surface area contributed by atoms with E-state index in [2.05, 4.69) is 5.32 Å². The van der Waals surface area contributed by atoms with Crippen LogP contribution in [-0.2, 0) is 14.8 Å². The monoisotopic (exact) mass is 412 g/mol. The Morgan fingerprint density at radius 2 is 1.74 bits per heavy atom. The zero-order chi connectivity index (χ0) is 19.5. The van der Waals surface area contributed by atoms with Crippen molar-refractivity contribution in [2.45, 2.75) is 57.2 Å². The summed E-state index contributed by atoms with van der Waals surface area (Å²) in [6.07, 6.45) is 0.362. The number of halogens is 3. The Balaban J connectivity index is 1.30. The van der Waals surface area contributed by atoms with E-state index in [1.54, 1.807) is 0 Å². The fraction of sp³-hybridized carbons (Fsp3) is 1.00. The number of nitrogens with one attached hydrogen (secondary N) is 1. The quantitative estimate of drug-likeness (QED) is 0.666. The highest BCUT2D eigenvalue weighted by molar-refractivity contribution is 7.89. The first-order valence-corrected chi connectivity index (χ1v) is 11.7. The van der Waals surface area contributed by atoms with Gasteiger partial charge in [0.15, 0.2) is 0 Å². The maximum absolute atomic E-state index is 12.3. The molecule has 2 atom stereocenters. The molecule has 0 aromatic carbocycles. The molecule has 0 unspecified atom stereocenters. The normalized spacial score (nSPS) is 29.1. The molecule has 2 heterocycles. The minimum absolute atomic E-state index is 0.0233. The van der Waals surface area contributed by atoms with Crippen LogP contribution in [0.3, 0.4) is 0 Å². The third kappa shape index (κ3) is 6.58. The highest BCUT2D eigenvalue weighted by Gasteiger charge is 2.42. The Hall–Kier alpha value is -0.380. The molecule has 3 fully saturated rings. The van der Waals surface area contributed by atoms with Gasteiger partial charge in [0.1, 0.15) is 0 Å². The molecule has 0 radical (unpaired) electrons. The largest absolute Gasteiger partial charge is 0.390 e. The highest BCUT2D eigenvalue weighted by atomic mass is 32.2. The first kappa shape index (κ1) is 21.3. The summed E-state index contributed by atoms with van der Waals surface area (Å²) >= 11 is 0. The fourth-order valence-corrected chi connectivity index (χ4v) is 6.00. The molecule has 1 N–H and O–H groups in total. The molecular weight excluding hydrogens is 381 g/mol. The molecule has 158 valence electrons. The second-order valence-corrected chi connectivity index (χ2v) is 10.3. The number of rotatable bonds is 8. The van der Waals surface area contributed by atoms with Crippen LogP contribution in [0.25, 0.3) is 0 Å². The lowest BCUT2D eigenvalue weighted by Gasteiger charge is -2.31. The molecule has 0 amide bonds. The first-order chi connectivity index (χ1) is 12.7. The molecule has 0 aromatic rings. The average Bonchev–Trinajstić information content (AvgIpc) is 3.40. The second-order valence-electron chi connectivity index (χ2n) is 8.19. The van der Waals surface area contributed by atoms with Gasteiger partial charge in [-0.25, -0.2) is 12.7 Å². The van der Waals surface area contributed by atoms with Gasteiger partial charge in [0.2, 0.25) is 10.0 Å². The third-order valence-electron chi connectivity index (χ3n) is 6.25. The first-order valence-electron chi connectivity index (χ1n) is 10.1. The van der Waals surface area contributed by atoms with Crippen LogP contribution in [0.4, 0.5) is 13.2 Å². The van der Waals surface area contributed by atoms with Gasteiger partial charge in [-0.2, -0.15) is 13.2 Å². The van der Waals surface area contributed by atoms with Gasteiger partial charge in [0.25, 0.3) is 0 Å². The molecule has 1 aliphatic carbocycles. The Morgan fingerprint density at radius 3 is 2.37 bits per heavy atom. The molecule has 1 saturated carbocycles. The van der Waals surface area contributed by atoms with E-state index in [-0.39, 0.29) is 19.2 Å². The van der Waals surface area contributed by atoms with Crippen LogP contribution in [0.15, 0.2) is 0 Å². The van der Waals surface area contributed by atoms with Crippen molar-refractivity contribution in [3.05, 3.63) is 0 Å². The van der Waals surface area contributed by atoms with Gasteiger partial charge < -0.3 is 10.1 Å². The summed E-state index contributed by atoms with van der Waals surface area (Å²) < 4.78 is 67.9. The van der Waals surface area contributed by atoms with Crippen molar-refractivity contribution in [1.82, 2.24) is 9.62 Å². The smallest absolute Gasteiger partial charge is 0.378 e. The second kappa shape index (κ2) is 8.97. The summed E-state index contributed by atoms with van der Waals surface area (Å²) in [5, 5.41) is 3.40. The van der Waals surface area contributed by atoms with Crippen LogP contribution in [0.1, 0.15) is 44.9 Å². The van der Waals surface area contributed by atoms with Crippen molar-refractivity contribution in [3.8, 4) is 0 Å². The van der Waals surface area contributed by atoms with Crippen LogP contribution < -0.4 is 5.32 Å². The lowest BCUT2D eigenvalue weighted by molar-refractivity contribution is -0.130. The zero-order valence-electron chi connectivity index (χ0n) is 15.7. The molecule has 0 aromatic heterocycles. The number of piperidine rings is 2. The zero-order valence-corrected chi connectivity index (χ0v) is 16.5. The Labute approximate surface area is 160 Å². The molecule has 0 bridgehead atoms. The molecule has 0 spiro atoms. The lowest BCUT2D eigenvalue weighted by atomic mass is 9.91. The SMILES string of the molecule is O=S(=O)(CCC(F)(F)F)N1CCC(OCC[C@@H]2C[C@@H]2C2CCNCC2)CC1. The predicted molar refractivity (Wildman–Crippen MR) is 96.8 cm³/mol. The van der Waals surface area contributed by atoms with Crippen LogP contribution in [-0.4, -0.2) is 63.5 Å². The molecule has 2 saturated heterocycles. The van der Waals surface area contributed by atoms with Crippen molar-refractivity contribution >= 4 is 10.0 Å². The van der Waals surface area contributed by atoms with Crippen LogP contribution in [0, 0.1) is 17.8 Å². The van der Waals surface area contributed by atoms with Gasteiger partial charge in [-0.15, -0.1) is 0 Å². The molecule has 27 heavy (non-hydrogen) atoms. The summed E-state index contributed by atoms with van der Waals surface area (Å²) in [5.74, 6) is 1.63. The summed E-state index contributed by atoms with van der Waals surface area (Å²) in [7, 11) is -3.83. The summed E-state index contributed by atoms with van der Waals surface area (Å²) in [5.41, 5.74) is 0. The molecule has 3 aliphatic rings. The van der Waals surface area contributed by atoms with Gasteiger partial charge >= 0.3 is 6.18 Å².